The third-order valence-electron chi connectivity index (χ3n) is 21.3. The summed E-state index contributed by atoms with van der Waals surface area (Å²) in [4.78, 5) is 271. The van der Waals surface area contributed by atoms with Crippen LogP contribution in [-0.4, -0.2) is 572 Å². The lowest BCUT2D eigenvalue weighted by Gasteiger charge is -2.36. The largest absolute Gasteiger partial charge is 0.549 e. The van der Waals surface area contributed by atoms with Gasteiger partial charge >= 0.3 is 65.7 Å². The highest BCUT2D eigenvalue weighted by Crippen LogP contribution is 2.15. The highest BCUT2D eigenvalue weighted by atomic mass is 16.4. The molecule has 2 aliphatic rings. The molecule has 0 radical (unpaired) electrons. The first kappa shape index (κ1) is 118. The molecular formula is C77H135N24O32-. The Morgan fingerprint density at radius 1 is 0.271 bits per heavy atom. The van der Waals surface area contributed by atoms with Crippen LogP contribution in [0.15, 0.2) is 0 Å². The van der Waals surface area contributed by atoms with Crippen molar-refractivity contribution in [3.8, 4) is 0 Å². The number of hydrogen-bond acceptors (Lipinski definition) is 37. The van der Waals surface area contributed by atoms with Crippen LogP contribution in [0.3, 0.4) is 0 Å². The van der Waals surface area contributed by atoms with Crippen molar-refractivity contribution >= 4 is 119 Å². The molecule has 0 aliphatic carbocycles. The molecule has 756 valence electrons. The van der Waals surface area contributed by atoms with Crippen LogP contribution in [0.1, 0.15) is 27.7 Å². The molecular weight excluding hydrogens is 1770 g/mol. The second kappa shape index (κ2) is 65.4. The SMILES string of the molecule is CC(NCCN(CCN(CCNCC(=O)O)CC(=O)O)CC(=O)O)C(=O)NCC(=O)NCC(CNC(=O)CNC(=O)C(C)NCCN(CCN(CCNCC(=O)O)CC(=O)O)CC(=O)O)(CNC(=O)CNC(=O)C(C)N1CCN(CC(=O)[O-])CCN(CC(=O)O)CCN(CC(=O)O)CC1)CNC(=O)CNC(=O)C(C)N1CCN(CC(=O)O)CCN(CC(=O)O)CCN(CC(=O)O)CC1. The van der Waals surface area contributed by atoms with Gasteiger partial charge in [-0.2, -0.15) is 0 Å². The van der Waals surface area contributed by atoms with Crippen LogP contribution in [0, 0.1) is 5.41 Å². The van der Waals surface area contributed by atoms with Gasteiger partial charge in [0.25, 0.3) is 0 Å². The first-order valence-electron chi connectivity index (χ1n) is 43.1. The maximum absolute atomic E-state index is 14.3. The molecule has 4 unspecified atom stereocenters. The maximum atomic E-state index is 14.3. The predicted octanol–water partition coefficient (Wildman–Crippen LogP) is -15.9. The standard InChI is InChI=1S/C77H136N24O32/c1-53(80-7-11-92(41-65(114)115)15-13-90(39-63(110)111)9-5-78-37-61(106)107)73(130)82-33-57(102)86-49-77(50-87-58(103)34-83-74(131)54(2)81-8-12-93(42-66(116)117)16-14-91(40-64(112)113)10-6-79-38-62(108)109,51-88-59(104)35-84-75(132)55(3)100-29-25-96(45-69(122)123)21-17-94(43-67(118)119)18-22-97(26-30-100)46-70(124)125)52-89-60(105)36-85-76(133)56(4)101-31-27-98(47-71(126)127)23-19-95(44-68(120)121)20-24-99(28-32-101)48-72(128)129/h53-56,78-81H,5-52H2,1-4H3,(H,82,130)(H,83,131)(H,84,132)(H,85,133)(H,86,102)(H,87,103)(H,88,104)(H,89,105)(H,106,107)(H,108,109)(H,110,111)(H,112,113)(H,114,115)(H,116,117)(H,118,119)(H,120,121)(H,122,123)(H,124,125)(H,126,127)(H,128,129)/p-1. The smallest absolute Gasteiger partial charge is 0.317 e. The van der Waals surface area contributed by atoms with Crippen molar-refractivity contribution in [3.05, 3.63) is 0 Å². The zero-order valence-corrected chi connectivity index (χ0v) is 75.6. The van der Waals surface area contributed by atoms with Crippen LogP contribution < -0.4 is 68.9 Å². The Morgan fingerprint density at radius 2 is 0.489 bits per heavy atom. The van der Waals surface area contributed by atoms with Crippen molar-refractivity contribution in [1.29, 1.82) is 0 Å². The highest BCUT2D eigenvalue weighted by molar-refractivity contribution is 5.90. The van der Waals surface area contributed by atoms with Crippen LogP contribution >= 0.6 is 0 Å². The lowest BCUT2D eigenvalue weighted by atomic mass is 9.86. The van der Waals surface area contributed by atoms with Crippen LogP contribution in [0.4, 0.5) is 0 Å². The van der Waals surface area contributed by atoms with Gasteiger partial charge in [-0.25, -0.2) is 0 Å². The molecule has 2 fully saturated rings. The third kappa shape index (κ3) is 57.1. The van der Waals surface area contributed by atoms with Crippen molar-refractivity contribution in [2.45, 2.75) is 51.9 Å². The molecule has 0 saturated carbocycles. The number of nitrogens with one attached hydrogen (secondary N) is 12. The number of carboxylic acids is 12. The Balaban J connectivity index is 2.71. The van der Waals surface area contributed by atoms with Crippen LogP contribution in [0.2, 0.25) is 0 Å². The van der Waals surface area contributed by atoms with E-state index >= 15 is 0 Å². The van der Waals surface area contributed by atoms with Gasteiger partial charge in [-0.05, 0) is 27.7 Å². The fraction of sp³-hybridized carbons (Fsp3) is 0.740. The summed E-state index contributed by atoms with van der Waals surface area (Å²) in [5.41, 5.74) is -1.84. The van der Waals surface area contributed by atoms with E-state index in [1.54, 1.807) is 9.80 Å². The van der Waals surface area contributed by atoms with Gasteiger partial charge in [0.1, 0.15) is 0 Å². The number of nitrogens with zero attached hydrogens (tertiary/aromatic N) is 12. The van der Waals surface area contributed by atoms with E-state index in [-0.39, 0.29) is 183 Å². The summed E-state index contributed by atoms with van der Waals surface area (Å²) in [5, 5.41) is 149. The first-order valence-corrected chi connectivity index (χ1v) is 43.1. The van der Waals surface area contributed by atoms with Crippen LogP contribution in [0.25, 0.3) is 0 Å². The van der Waals surface area contributed by atoms with Gasteiger partial charge < -0.3 is 130 Å². The monoisotopic (exact) mass is 1910 g/mol. The number of amides is 8. The third-order valence-corrected chi connectivity index (χ3v) is 21.3. The van der Waals surface area contributed by atoms with E-state index in [1.807, 2.05) is 0 Å². The molecule has 0 aromatic rings. The minimum absolute atomic E-state index is 0.00243. The molecule has 133 heavy (non-hydrogen) atoms. The molecule has 4 atom stereocenters. The Labute approximate surface area is 767 Å². The Kier molecular flexibility index (Phi) is 57.9. The van der Waals surface area contributed by atoms with Crippen LogP contribution in [0.5, 0.6) is 0 Å². The van der Waals surface area contributed by atoms with E-state index < -0.39 is 279 Å². The molecule has 2 aliphatic heterocycles. The molecule has 0 spiro atoms. The van der Waals surface area contributed by atoms with E-state index in [4.69, 9.17) is 10.2 Å². The number of rotatable bonds is 66. The quantitative estimate of drug-likeness (QED) is 0.0251. The van der Waals surface area contributed by atoms with E-state index in [1.165, 1.54) is 76.7 Å². The fourth-order valence-corrected chi connectivity index (χ4v) is 13.7. The molecule has 56 nitrogen and oxygen atoms in total. The Hall–Kier alpha value is -11.2. The molecule has 2 saturated heterocycles. The predicted molar refractivity (Wildman–Crippen MR) is 463 cm³/mol. The molecule has 23 N–H and O–H groups in total. The van der Waals surface area contributed by atoms with Crippen molar-refractivity contribution < 1.29 is 157 Å². The topological polar surface area (TPSA) is 770 Å². The Bertz CT molecular complexity index is 3490. The summed E-state index contributed by atoms with van der Waals surface area (Å²) >= 11 is 0. The molecule has 0 aromatic carbocycles. The van der Waals surface area contributed by atoms with Gasteiger partial charge in [-0.3, -0.25) is 150 Å². The average molecular weight is 1910 g/mol. The number of aliphatic carboxylic acids is 12. The number of carbonyl (C=O) groups excluding carboxylic acids is 9. The Morgan fingerprint density at radius 3 is 0.707 bits per heavy atom. The van der Waals surface area contributed by atoms with E-state index in [0.717, 1.165) is 0 Å². The van der Waals surface area contributed by atoms with E-state index in [2.05, 4.69) is 63.8 Å². The normalized spacial score (nSPS) is 16.3. The van der Waals surface area contributed by atoms with Gasteiger partial charge in [0, 0.05) is 221 Å². The summed E-state index contributed by atoms with van der Waals surface area (Å²) in [7, 11) is 0. The van der Waals surface area contributed by atoms with Crippen molar-refractivity contribution in [2.24, 2.45) is 5.41 Å². The molecule has 0 bridgehead atoms. The highest BCUT2D eigenvalue weighted by Gasteiger charge is 2.36. The average Bonchev–Trinajstić information content (AvgIpc) is 0.834. The van der Waals surface area contributed by atoms with Gasteiger partial charge in [0.15, 0.2) is 0 Å². The van der Waals surface area contributed by atoms with Gasteiger partial charge in [0.2, 0.25) is 47.3 Å². The number of carbonyl (C=O) groups is 20. The van der Waals surface area contributed by atoms with E-state index in [0.29, 0.717) is 0 Å². The summed E-state index contributed by atoms with van der Waals surface area (Å²) in [6.07, 6.45) is 0. The summed E-state index contributed by atoms with van der Waals surface area (Å²) in [5.74, 6) is -21.6. The summed E-state index contributed by atoms with van der Waals surface area (Å²) in [6, 6.07) is -4.43. The fourth-order valence-electron chi connectivity index (χ4n) is 13.7. The van der Waals surface area contributed by atoms with Crippen molar-refractivity contribution in [3.63, 3.8) is 0 Å². The van der Waals surface area contributed by atoms with Crippen LogP contribution in [-0.2, 0) is 95.9 Å². The molecule has 0 aromatic heterocycles. The molecule has 56 heteroatoms. The van der Waals surface area contributed by atoms with E-state index in [9.17, 15) is 147 Å². The van der Waals surface area contributed by atoms with Crippen molar-refractivity contribution in [1.82, 2.24) is 123 Å². The minimum atomic E-state index is -1.84. The zero-order valence-electron chi connectivity index (χ0n) is 75.6. The summed E-state index contributed by atoms with van der Waals surface area (Å²) < 4.78 is 0. The molecule has 2 heterocycles. The summed E-state index contributed by atoms with van der Waals surface area (Å²) in [6.45, 7) is -5.09. The molecule has 8 amide bonds. The first-order chi connectivity index (χ1) is 62.7. The minimum Gasteiger partial charge on any atom is -0.549 e. The zero-order chi connectivity index (χ0) is 99.7. The second-order valence-corrected chi connectivity index (χ2v) is 32.1. The lowest BCUT2D eigenvalue weighted by molar-refractivity contribution is -0.306. The second-order valence-electron chi connectivity index (χ2n) is 32.1. The number of hydrogen-bond donors (Lipinski definition) is 23. The lowest BCUT2D eigenvalue weighted by Crippen LogP contribution is -2.59. The van der Waals surface area contributed by atoms with Gasteiger partial charge in [-0.1, -0.05) is 0 Å². The van der Waals surface area contributed by atoms with Gasteiger partial charge in [-0.15, -0.1) is 0 Å². The molecule has 2 rings (SSSR count). The maximum Gasteiger partial charge on any atom is 0.317 e. The van der Waals surface area contributed by atoms with Gasteiger partial charge in [0.05, 0.1) is 128 Å². The van der Waals surface area contributed by atoms with Crippen molar-refractivity contribution in [2.75, 3.05) is 314 Å². The number of carboxylic acid groups (broad SMARTS) is 12.